The van der Waals surface area contributed by atoms with Gasteiger partial charge in [-0.2, -0.15) is 0 Å². The molecule has 0 aliphatic carbocycles. The summed E-state index contributed by atoms with van der Waals surface area (Å²) in [7, 11) is 4.75. The van der Waals surface area contributed by atoms with Gasteiger partial charge in [0.05, 0.1) is 0 Å². The predicted octanol–water partition coefficient (Wildman–Crippen LogP) is 7.32. The third-order valence-corrected chi connectivity index (χ3v) is 7.74. The van der Waals surface area contributed by atoms with E-state index < -0.39 is 5.97 Å². The Bertz CT molecular complexity index is 313. The minimum Gasteiger partial charge on any atom is -0.477 e. The zero-order valence-corrected chi connectivity index (χ0v) is 16.8. The molecule has 1 N–H and O–H groups in total. The molecule has 0 aliphatic rings. The second-order valence-electron chi connectivity index (χ2n) is 5.79. The molecule has 0 aromatic carbocycles. The second kappa shape index (κ2) is 16.1. The van der Waals surface area contributed by atoms with Crippen LogP contribution in [0.3, 0.4) is 0 Å². The first-order valence-electron chi connectivity index (χ1n) is 8.46. The van der Waals surface area contributed by atoms with Gasteiger partial charge in [0.2, 0.25) is 0 Å². The summed E-state index contributed by atoms with van der Waals surface area (Å²) in [4.78, 5) is 11.5. The Morgan fingerprint density at radius 3 is 1.82 bits per heavy atom. The number of rotatable bonds is 15. The highest BCUT2D eigenvalue weighted by Crippen LogP contribution is 2.41. The SMILES string of the molecule is CCCCCCCCCCCCSSSC(C(=O)O)=C(C)C. The van der Waals surface area contributed by atoms with Crippen LogP contribution in [0.15, 0.2) is 10.5 Å². The van der Waals surface area contributed by atoms with Crippen LogP contribution >= 0.6 is 31.4 Å². The molecule has 130 valence electrons. The Hall–Kier alpha value is 0.260. The number of carbonyl (C=O) groups is 1. The first-order chi connectivity index (χ1) is 10.6. The van der Waals surface area contributed by atoms with E-state index >= 15 is 0 Å². The molecule has 22 heavy (non-hydrogen) atoms. The number of allylic oxidation sites excluding steroid dienone is 1. The molecule has 0 aliphatic heterocycles. The molecule has 0 spiro atoms. The Kier molecular flexibility index (Phi) is 16.3. The van der Waals surface area contributed by atoms with Gasteiger partial charge < -0.3 is 5.11 Å². The highest BCUT2D eigenvalue weighted by Gasteiger charge is 2.10. The summed E-state index contributed by atoms with van der Waals surface area (Å²) in [6, 6.07) is 0. The van der Waals surface area contributed by atoms with Gasteiger partial charge in [0.15, 0.2) is 0 Å². The van der Waals surface area contributed by atoms with Gasteiger partial charge in [-0.25, -0.2) is 4.79 Å². The smallest absolute Gasteiger partial charge is 0.342 e. The molecule has 0 rings (SSSR count). The van der Waals surface area contributed by atoms with Crippen molar-refractivity contribution in [1.29, 1.82) is 0 Å². The van der Waals surface area contributed by atoms with E-state index in [9.17, 15) is 4.79 Å². The first-order valence-corrected chi connectivity index (χ1v) is 12.1. The standard InChI is InChI=1S/C17H32O2S3/c1-4-5-6-7-8-9-10-11-12-13-14-20-22-21-16(15(2)3)17(18)19/h4-14H2,1-3H3,(H,18,19). The van der Waals surface area contributed by atoms with Crippen molar-refractivity contribution in [2.24, 2.45) is 0 Å². The average molecular weight is 365 g/mol. The number of hydrogen-bond donors (Lipinski definition) is 1. The Balaban J connectivity index is 3.31. The van der Waals surface area contributed by atoms with Crippen LogP contribution in [0.2, 0.25) is 0 Å². The van der Waals surface area contributed by atoms with E-state index in [2.05, 4.69) is 6.92 Å². The maximum absolute atomic E-state index is 11.0. The van der Waals surface area contributed by atoms with Gasteiger partial charge in [-0.15, -0.1) is 0 Å². The molecule has 0 radical (unpaired) electrons. The summed E-state index contributed by atoms with van der Waals surface area (Å²) >= 11 is 0. The van der Waals surface area contributed by atoms with Gasteiger partial charge in [0.25, 0.3) is 0 Å². The molecule has 0 saturated heterocycles. The summed E-state index contributed by atoms with van der Waals surface area (Å²) in [5.74, 6) is 0.307. The van der Waals surface area contributed by atoms with Crippen molar-refractivity contribution < 1.29 is 9.90 Å². The normalized spacial score (nSPS) is 10.7. The van der Waals surface area contributed by atoms with Gasteiger partial charge in [-0.1, -0.05) is 81.1 Å². The van der Waals surface area contributed by atoms with Crippen LogP contribution in [0.5, 0.6) is 0 Å². The lowest BCUT2D eigenvalue weighted by Crippen LogP contribution is -1.97. The molecule has 0 unspecified atom stereocenters. The maximum atomic E-state index is 11.0. The Morgan fingerprint density at radius 1 is 0.864 bits per heavy atom. The van der Waals surface area contributed by atoms with E-state index in [1.807, 2.05) is 13.8 Å². The summed E-state index contributed by atoms with van der Waals surface area (Å²) in [5.41, 5.74) is 0.879. The minimum absolute atomic E-state index is 0.473. The quantitative estimate of drug-likeness (QED) is 0.187. The fourth-order valence-electron chi connectivity index (χ4n) is 2.07. The Morgan fingerprint density at radius 2 is 1.36 bits per heavy atom. The topological polar surface area (TPSA) is 37.3 Å². The maximum Gasteiger partial charge on any atom is 0.342 e. The zero-order valence-electron chi connectivity index (χ0n) is 14.4. The molecule has 0 aromatic heterocycles. The van der Waals surface area contributed by atoms with Crippen LogP contribution in [0.1, 0.15) is 85.0 Å². The van der Waals surface area contributed by atoms with Crippen molar-refractivity contribution >= 4 is 37.4 Å². The zero-order chi connectivity index (χ0) is 16.6. The number of hydrogen-bond acceptors (Lipinski definition) is 4. The summed E-state index contributed by atoms with van der Waals surface area (Å²) < 4.78 is 0. The fraction of sp³-hybridized carbons (Fsp3) is 0.824. The lowest BCUT2D eigenvalue weighted by molar-refractivity contribution is -0.131. The van der Waals surface area contributed by atoms with Crippen molar-refractivity contribution in [2.75, 3.05) is 5.75 Å². The molecule has 0 amide bonds. The third kappa shape index (κ3) is 13.9. The van der Waals surface area contributed by atoms with E-state index in [-0.39, 0.29) is 0 Å². The van der Waals surface area contributed by atoms with Gasteiger partial charge in [0.1, 0.15) is 4.91 Å². The largest absolute Gasteiger partial charge is 0.477 e. The molecule has 5 heteroatoms. The first kappa shape index (κ1) is 22.3. The third-order valence-electron chi connectivity index (χ3n) is 3.40. The van der Waals surface area contributed by atoms with Gasteiger partial charge in [-0.3, -0.25) is 0 Å². The van der Waals surface area contributed by atoms with E-state index in [0.29, 0.717) is 4.91 Å². The molecular formula is C17H32O2S3. The van der Waals surface area contributed by atoms with Crippen LogP contribution in [0, 0.1) is 0 Å². The fourth-order valence-corrected chi connectivity index (χ4v) is 6.10. The lowest BCUT2D eigenvalue weighted by Gasteiger charge is -2.04. The van der Waals surface area contributed by atoms with Crippen molar-refractivity contribution in [3.63, 3.8) is 0 Å². The van der Waals surface area contributed by atoms with Crippen LogP contribution in [0.25, 0.3) is 0 Å². The van der Waals surface area contributed by atoms with Gasteiger partial charge in [0, 0.05) is 5.75 Å². The highest BCUT2D eigenvalue weighted by atomic mass is 33.5. The summed E-state index contributed by atoms with van der Waals surface area (Å²) in [6.45, 7) is 5.96. The monoisotopic (exact) mass is 364 g/mol. The molecule has 0 heterocycles. The van der Waals surface area contributed by atoms with E-state index in [1.54, 1.807) is 20.6 Å². The lowest BCUT2D eigenvalue weighted by atomic mass is 10.1. The Labute approximate surface area is 148 Å². The molecule has 0 bridgehead atoms. The van der Waals surface area contributed by atoms with Crippen molar-refractivity contribution in [1.82, 2.24) is 0 Å². The van der Waals surface area contributed by atoms with Gasteiger partial charge in [-0.05, 0) is 40.9 Å². The molecule has 0 saturated carbocycles. The highest BCUT2D eigenvalue weighted by molar-refractivity contribution is 9.10. The average Bonchev–Trinajstić information content (AvgIpc) is 2.46. The summed E-state index contributed by atoms with van der Waals surface area (Å²) in [5, 5.41) is 9.03. The minimum atomic E-state index is -0.808. The molecular weight excluding hydrogens is 332 g/mol. The van der Waals surface area contributed by atoms with Crippen LogP contribution in [0.4, 0.5) is 0 Å². The van der Waals surface area contributed by atoms with Crippen molar-refractivity contribution in [2.45, 2.75) is 85.0 Å². The van der Waals surface area contributed by atoms with Crippen LogP contribution in [-0.2, 0) is 4.79 Å². The number of carboxylic acid groups (broad SMARTS) is 1. The molecule has 0 atom stereocenters. The number of carboxylic acids is 1. The van der Waals surface area contributed by atoms with Gasteiger partial charge >= 0.3 is 5.97 Å². The molecule has 0 aromatic rings. The van der Waals surface area contributed by atoms with Crippen molar-refractivity contribution in [3.8, 4) is 0 Å². The van der Waals surface area contributed by atoms with Crippen LogP contribution < -0.4 is 0 Å². The number of unbranched alkanes of at least 4 members (excludes halogenated alkanes) is 9. The predicted molar refractivity (Wildman–Crippen MR) is 105 cm³/mol. The number of aliphatic carboxylic acids is 1. The molecule has 2 nitrogen and oxygen atoms in total. The van der Waals surface area contributed by atoms with E-state index in [4.69, 9.17) is 5.11 Å². The molecule has 0 fully saturated rings. The summed E-state index contributed by atoms with van der Waals surface area (Å²) in [6.07, 6.45) is 13.6. The second-order valence-corrected chi connectivity index (χ2v) is 9.98. The van der Waals surface area contributed by atoms with E-state index in [0.717, 1.165) is 11.3 Å². The van der Waals surface area contributed by atoms with Crippen LogP contribution in [-0.4, -0.2) is 16.8 Å². The van der Waals surface area contributed by atoms with Crippen molar-refractivity contribution in [3.05, 3.63) is 10.5 Å². The van der Waals surface area contributed by atoms with E-state index in [1.165, 1.54) is 75.0 Å².